The van der Waals surface area contributed by atoms with E-state index in [4.69, 9.17) is 19.9 Å². The zero-order valence-corrected chi connectivity index (χ0v) is 21.3. The van der Waals surface area contributed by atoms with E-state index in [0.29, 0.717) is 56.7 Å². The number of hydrogen-bond donors (Lipinski definition) is 3. The largest absolute Gasteiger partial charge is 0.490 e. The highest BCUT2D eigenvalue weighted by Crippen LogP contribution is 2.26. The van der Waals surface area contributed by atoms with Gasteiger partial charge in [0.2, 0.25) is 0 Å². The van der Waals surface area contributed by atoms with E-state index in [0.717, 1.165) is 25.7 Å². The number of rotatable bonds is 12. The highest BCUT2D eigenvalue weighted by Gasteiger charge is 2.28. The molecule has 202 valence electrons. The third kappa shape index (κ3) is 10.8. The summed E-state index contributed by atoms with van der Waals surface area (Å²) in [4.78, 5) is 28.4. The van der Waals surface area contributed by atoms with Gasteiger partial charge in [0.15, 0.2) is 0 Å². The molecule has 2 unspecified atom stereocenters. The van der Waals surface area contributed by atoms with Crippen LogP contribution in [0.2, 0.25) is 0 Å². The van der Waals surface area contributed by atoms with E-state index >= 15 is 0 Å². The van der Waals surface area contributed by atoms with Gasteiger partial charge in [0.1, 0.15) is 23.4 Å². The summed E-state index contributed by atoms with van der Waals surface area (Å²) in [6.45, 7) is 4.26. The van der Waals surface area contributed by atoms with Crippen molar-refractivity contribution in [1.29, 1.82) is 0 Å². The summed E-state index contributed by atoms with van der Waals surface area (Å²) >= 11 is 0. The maximum Gasteiger partial charge on any atom is 0.269 e. The van der Waals surface area contributed by atoms with Gasteiger partial charge in [0.25, 0.3) is 11.8 Å². The molecule has 1 saturated heterocycles. The first-order valence-corrected chi connectivity index (χ1v) is 12.8. The molecule has 0 radical (unpaired) electrons. The first kappa shape index (κ1) is 28.5. The number of amides is 2. The molecule has 4 N–H and O–H groups in total. The Morgan fingerprint density at radius 3 is 2.65 bits per heavy atom. The van der Waals surface area contributed by atoms with Crippen LogP contribution in [-0.4, -0.2) is 61.4 Å². The lowest BCUT2D eigenvalue weighted by molar-refractivity contribution is -0.126. The van der Waals surface area contributed by atoms with Crippen LogP contribution in [-0.2, 0) is 14.3 Å². The molecule has 2 aliphatic rings. The number of nitrogens with one attached hydrogen (secondary N) is 2. The number of carbonyl (C=O) groups excluding carboxylic acids is 2. The maximum absolute atomic E-state index is 12.6. The minimum absolute atomic E-state index is 0.101. The molecule has 0 spiro atoms. The van der Waals surface area contributed by atoms with Crippen LogP contribution in [0.5, 0.6) is 5.75 Å². The van der Waals surface area contributed by atoms with E-state index in [-0.39, 0.29) is 29.4 Å². The van der Waals surface area contributed by atoms with Crippen LogP contribution in [0.25, 0.3) is 0 Å². The molecule has 2 fully saturated rings. The smallest absolute Gasteiger partial charge is 0.269 e. The Hall–Kier alpha value is -3.08. The second-order valence-electron chi connectivity index (χ2n) is 9.07. The molecule has 9 nitrogen and oxygen atoms in total. The molecular weight excluding hydrogens is 479 g/mol. The van der Waals surface area contributed by atoms with Crippen molar-refractivity contribution in [3.63, 3.8) is 0 Å². The first-order valence-electron chi connectivity index (χ1n) is 12.8. The predicted molar refractivity (Wildman–Crippen MR) is 138 cm³/mol. The summed E-state index contributed by atoms with van der Waals surface area (Å²) in [5.41, 5.74) is 6.17. The fourth-order valence-corrected chi connectivity index (χ4v) is 3.52. The Morgan fingerprint density at radius 1 is 1.14 bits per heavy atom. The van der Waals surface area contributed by atoms with Gasteiger partial charge in [0, 0.05) is 37.7 Å². The van der Waals surface area contributed by atoms with Crippen LogP contribution >= 0.6 is 0 Å². The van der Waals surface area contributed by atoms with Crippen molar-refractivity contribution in [2.45, 2.75) is 63.8 Å². The number of hydrogen-bond acceptors (Lipinski definition) is 7. The van der Waals surface area contributed by atoms with Gasteiger partial charge in [-0.1, -0.05) is 6.07 Å². The average molecular weight is 517 g/mol. The lowest BCUT2D eigenvalue weighted by atomic mass is 10.2. The molecule has 1 aliphatic carbocycles. The van der Waals surface area contributed by atoms with Crippen molar-refractivity contribution in [2.75, 3.05) is 31.6 Å². The van der Waals surface area contributed by atoms with Crippen LogP contribution in [0.4, 0.5) is 10.1 Å². The Balaban J connectivity index is 0.000000284. The Bertz CT molecular complexity index is 1000. The number of carbonyl (C=O) groups is 2. The van der Waals surface area contributed by atoms with Gasteiger partial charge in [-0.2, -0.15) is 0 Å². The molecular formula is C27H37FN4O5. The Morgan fingerprint density at radius 2 is 1.95 bits per heavy atom. The summed E-state index contributed by atoms with van der Waals surface area (Å²) in [6, 6.07) is 9.48. The third-order valence-electron chi connectivity index (χ3n) is 5.65. The molecule has 37 heavy (non-hydrogen) atoms. The van der Waals surface area contributed by atoms with Crippen molar-refractivity contribution < 1.29 is 28.2 Å². The molecule has 1 saturated carbocycles. The molecule has 2 atom stereocenters. The molecule has 2 heterocycles. The zero-order chi connectivity index (χ0) is 26.5. The first-order chi connectivity index (χ1) is 17.9. The van der Waals surface area contributed by atoms with Gasteiger partial charge in [-0.05, 0) is 76.3 Å². The van der Waals surface area contributed by atoms with Gasteiger partial charge in [-0.3, -0.25) is 14.6 Å². The molecule has 2 amide bonds. The highest BCUT2D eigenvalue weighted by atomic mass is 19.1. The highest BCUT2D eigenvalue weighted by molar-refractivity contribution is 5.97. The molecule has 4 rings (SSSR count). The number of halogens is 1. The Labute approximate surface area is 217 Å². The number of aromatic nitrogens is 1. The van der Waals surface area contributed by atoms with Crippen LogP contribution in [0, 0.1) is 5.82 Å². The van der Waals surface area contributed by atoms with Crippen molar-refractivity contribution in [1.82, 2.24) is 10.3 Å². The van der Waals surface area contributed by atoms with Crippen LogP contribution < -0.4 is 21.1 Å². The lowest BCUT2D eigenvalue weighted by Crippen LogP contribution is -2.28. The molecule has 1 aromatic carbocycles. The summed E-state index contributed by atoms with van der Waals surface area (Å²) in [6.07, 6.45) is 6.85. The number of ether oxygens (including phenoxy) is 3. The fraction of sp³-hybridized carbons (Fsp3) is 0.519. The van der Waals surface area contributed by atoms with Crippen LogP contribution in [0.3, 0.4) is 0 Å². The van der Waals surface area contributed by atoms with Crippen molar-refractivity contribution in [3.05, 3.63) is 54.1 Å². The monoisotopic (exact) mass is 516 g/mol. The number of nitrogens with two attached hydrogens (primary N) is 1. The topological polar surface area (TPSA) is 125 Å². The van der Waals surface area contributed by atoms with Gasteiger partial charge in [-0.25, -0.2) is 4.39 Å². The normalized spacial score (nSPS) is 18.5. The van der Waals surface area contributed by atoms with E-state index in [1.54, 1.807) is 24.3 Å². The van der Waals surface area contributed by atoms with E-state index in [1.807, 2.05) is 6.92 Å². The fourth-order valence-electron chi connectivity index (χ4n) is 3.52. The Kier molecular flexibility index (Phi) is 11.7. The molecule has 0 bridgehead atoms. The molecule has 2 aromatic rings. The quantitative estimate of drug-likeness (QED) is 0.369. The second kappa shape index (κ2) is 15.2. The predicted octanol–water partition coefficient (Wildman–Crippen LogP) is 3.44. The summed E-state index contributed by atoms with van der Waals surface area (Å²) in [7, 11) is 0. The second-order valence-corrected chi connectivity index (χ2v) is 9.07. The van der Waals surface area contributed by atoms with E-state index in [2.05, 4.69) is 15.6 Å². The number of pyridine rings is 1. The van der Waals surface area contributed by atoms with Crippen LogP contribution in [0.1, 0.15) is 55.9 Å². The van der Waals surface area contributed by atoms with Crippen LogP contribution in [0.15, 0.2) is 42.6 Å². The lowest BCUT2D eigenvalue weighted by Gasteiger charge is -2.12. The van der Waals surface area contributed by atoms with Gasteiger partial charge in [-0.15, -0.1) is 0 Å². The molecule has 1 aromatic heterocycles. The van der Waals surface area contributed by atoms with Crippen molar-refractivity contribution in [2.24, 2.45) is 5.73 Å². The van der Waals surface area contributed by atoms with Crippen molar-refractivity contribution >= 4 is 17.5 Å². The third-order valence-corrected chi connectivity index (χ3v) is 5.65. The summed E-state index contributed by atoms with van der Waals surface area (Å²) in [5, 5.41) is 5.57. The van der Waals surface area contributed by atoms with Gasteiger partial charge < -0.3 is 30.6 Å². The zero-order valence-electron chi connectivity index (χ0n) is 21.3. The van der Waals surface area contributed by atoms with E-state index < -0.39 is 6.10 Å². The molecule has 10 heteroatoms. The number of anilines is 1. The minimum atomic E-state index is -0.435. The number of nitrogens with zero attached hydrogens (tertiary/aromatic N) is 1. The van der Waals surface area contributed by atoms with Gasteiger partial charge in [0.05, 0.1) is 12.2 Å². The molecule has 1 aliphatic heterocycles. The van der Waals surface area contributed by atoms with Gasteiger partial charge >= 0.3 is 0 Å². The maximum atomic E-state index is 12.6. The summed E-state index contributed by atoms with van der Waals surface area (Å²) < 4.78 is 28.8. The standard InChI is InChI=1S/C18H28N4O4.C9H9FO/c1-13-4-5-16(26-13)18(24)22-14-6-9-20-15(12-14)17(23)21-8-3-11-25-10-2-7-19;10-7-2-1-3-9(6-7)11-8-4-5-8/h6,9,12-13,16H,2-5,7-8,10-11,19H2,1H3,(H,21,23)(H,20,22,24);1-3,6,8H,4-5H2. The SMILES string of the molecule is CC1CCC(C(=O)Nc2ccnc(C(=O)NCCCOCCCN)c2)O1.Fc1cccc(OC2CC2)c1. The van der Waals surface area contributed by atoms with E-state index in [1.165, 1.54) is 18.3 Å². The number of benzene rings is 1. The minimum Gasteiger partial charge on any atom is -0.490 e. The van der Waals surface area contributed by atoms with E-state index in [9.17, 15) is 14.0 Å². The summed E-state index contributed by atoms with van der Waals surface area (Å²) in [5.74, 6) is -0.0639. The van der Waals surface area contributed by atoms with Crippen molar-refractivity contribution in [3.8, 4) is 5.75 Å². The average Bonchev–Trinajstić information content (AvgIpc) is 3.59.